The zero-order chi connectivity index (χ0) is 18.4. The molecule has 5 nitrogen and oxygen atoms in total. The Labute approximate surface area is 157 Å². The minimum atomic E-state index is -0.485. The van der Waals surface area contributed by atoms with Gasteiger partial charge in [-0.2, -0.15) is 0 Å². The van der Waals surface area contributed by atoms with Gasteiger partial charge in [0.15, 0.2) is 11.6 Å². The van der Waals surface area contributed by atoms with E-state index in [1.165, 1.54) is 6.07 Å². The zero-order valence-electron chi connectivity index (χ0n) is 15.0. The summed E-state index contributed by atoms with van der Waals surface area (Å²) in [5, 5.41) is 2.91. The maximum absolute atomic E-state index is 13.7. The summed E-state index contributed by atoms with van der Waals surface area (Å²) in [5.74, 6) is -0.106. The molecule has 1 unspecified atom stereocenters. The average molecular weight is 417 g/mol. The van der Waals surface area contributed by atoms with E-state index in [4.69, 9.17) is 9.47 Å². The van der Waals surface area contributed by atoms with Gasteiger partial charge in [-0.3, -0.25) is 0 Å². The molecule has 1 saturated heterocycles. The number of alkyl carbamates (subject to hydrolysis) is 1. The molecule has 1 aliphatic heterocycles. The second kappa shape index (κ2) is 8.85. The Morgan fingerprint density at radius 2 is 2.20 bits per heavy atom. The summed E-state index contributed by atoms with van der Waals surface area (Å²) in [5.41, 5.74) is -0.485. The van der Waals surface area contributed by atoms with Gasteiger partial charge in [0.2, 0.25) is 0 Å². The van der Waals surface area contributed by atoms with E-state index in [1.54, 1.807) is 12.1 Å². The molecular formula is C18H26BrFN2O3. The molecule has 1 aliphatic rings. The highest BCUT2D eigenvalue weighted by Crippen LogP contribution is 2.27. The number of benzene rings is 1. The number of rotatable bonds is 6. The number of para-hydroxylation sites is 1. The first-order valence-electron chi connectivity index (χ1n) is 8.53. The van der Waals surface area contributed by atoms with Crippen LogP contribution in [0.15, 0.2) is 22.7 Å². The molecule has 1 aromatic rings. The Kier molecular flexibility index (Phi) is 7.07. The summed E-state index contributed by atoms with van der Waals surface area (Å²) >= 11 is 3.29. The number of hydrogen-bond donors (Lipinski definition) is 1. The molecule has 25 heavy (non-hydrogen) atoms. The summed E-state index contributed by atoms with van der Waals surface area (Å²) in [6, 6.07) is 4.88. The molecule has 1 fully saturated rings. The Morgan fingerprint density at radius 1 is 1.44 bits per heavy atom. The van der Waals surface area contributed by atoms with Gasteiger partial charge in [0.25, 0.3) is 0 Å². The predicted molar refractivity (Wildman–Crippen MR) is 98.4 cm³/mol. The van der Waals surface area contributed by atoms with Gasteiger partial charge in [0.05, 0.1) is 11.1 Å². The molecule has 7 heteroatoms. The third kappa shape index (κ3) is 6.82. The highest BCUT2D eigenvalue weighted by atomic mass is 79.9. The Bertz CT molecular complexity index is 572. The lowest BCUT2D eigenvalue weighted by Gasteiger charge is -2.22. The SMILES string of the molecule is CC(C)(C)OC(=O)NC1CCN(CCCOc2c(F)cccc2Br)C1. The standard InChI is InChI=1S/C18H26BrFN2O3/c1-18(2,3)25-17(23)21-13-8-10-22(12-13)9-5-11-24-16-14(19)6-4-7-15(16)20/h4,6-7,13H,5,8-12H2,1-3H3,(H,21,23). The maximum Gasteiger partial charge on any atom is 0.407 e. The average Bonchev–Trinajstić information content (AvgIpc) is 2.91. The van der Waals surface area contributed by atoms with E-state index < -0.39 is 5.60 Å². The minimum absolute atomic E-state index is 0.108. The first-order valence-corrected chi connectivity index (χ1v) is 9.32. The van der Waals surface area contributed by atoms with Crippen LogP contribution in [0.4, 0.5) is 9.18 Å². The number of amides is 1. The molecule has 0 aromatic heterocycles. The van der Waals surface area contributed by atoms with Crippen LogP contribution in [0.1, 0.15) is 33.6 Å². The van der Waals surface area contributed by atoms with Crippen molar-refractivity contribution in [2.75, 3.05) is 26.2 Å². The van der Waals surface area contributed by atoms with Crippen LogP contribution in [0.3, 0.4) is 0 Å². The molecule has 0 radical (unpaired) electrons. The van der Waals surface area contributed by atoms with Crippen molar-refractivity contribution in [3.63, 3.8) is 0 Å². The molecule has 0 aliphatic carbocycles. The lowest BCUT2D eigenvalue weighted by Crippen LogP contribution is -2.40. The largest absolute Gasteiger partial charge is 0.489 e. The van der Waals surface area contributed by atoms with Gasteiger partial charge in [0.1, 0.15) is 5.60 Å². The van der Waals surface area contributed by atoms with Crippen LogP contribution in [0.25, 0.3) is 0 Å². The van der Waals surface area contributed by atoms with Crippen molar-refractivity contribution < 1.29 is 18.7 Å². The van der Waals surface area contributed by atoms with Gasteiger partial charge in [-0.05, 0) is 61.7 Å². The Morgan fingerprint density at radius 3 is 2.88 bits per heavy atom. The van der Waals surface area contributed by atoms with E-state index in [0.29, 0.717) is 11.1 Å². The topological polar surface area (TPSA) is 50.8 Å². The second-order valence-corrected chi connectivity index (χ2v) is 8.04. The third-order valence-electron chi connectivity index (χ3n) is 3.78. The van der Waals surface area contributed by atoms with Crippen LogP contribution >= 0.6 is 15.9 Å². The molecule has 0 bridgehead atoms. The first kappa shape index (κ1) is 20.0. The van der Waals surface area contributed by atoms with Gasteiger partial charge in [0, 0.05) is 25.7 Å². The fourth-order valence-electron chi connectivity index (χ4n) is 2.71. The van der Waals surface area contributed by atoms with Gasteiger partial charge < -0.3 is 19.7 Å². The summed E-state index contributed by atoms with van der Waals surface area (Å²) in [7, 11) is 0. The fraction of sp³-hybridized carbons (Fsp3) is 0.611. The van der Waals surface area contributed by atoms with Crippen molar-refractivity contribution in [1.29, 1.82) is 0 Å². The number of hydrogen-bond acceptors (Lipinski definition) is 4. The van der Waals surface area contributed by atoms with E-state index in [9.17, 15) is 9.18 Å². The van der Waals surface area contributed by atoms with E-state index in [0.717, 1.165) is 32.5 Å². The van der Waals surface area contributed by atoms with Crippen LogP contribution < -0.4 is 10.1 Å². The van der Waals surface area contributed by atoms with Crippen LogP contribution in [0.5, 0.6) is 5.75 Å². The molecular weight excluding hydrogens is 391 g/mol. The van der Waals surface area contributed by atoms with E-state index >= 15 is 0 Å². The number of carbonyl (C=O) groups is 1. The predicted octanol–water partition coefficient (Wildman–Crippen LogP) is 3.96. The van der Waals surface area contributed by atoms with Gasteiger partial charge in [-0.15, -0.1) is 0 Å². The van der Waals surface area contributed by atoms with Crippen molar-refractivity contribution in [3.05, 3.63) is 28.5 Å². The van der Waals surface area contributed by atoms with Crippen LogP contribution in [0.2, 0.25) is 0 Å². The number of halogens is 2. The normalized spacial score (nSPS) is 18.2. The van der Waals surface area contributed by atoms with Crippen molar-refractivity contribution in [3.8, 4) is 5.75 Å². The second-order valence-electron chi connectivity index (χ2n) is 7.19. The molecule has 1 heterocycles. The van der Waals surface area contributed by atoms with Gasteiger partial charge in [-0.25, -0.2) is 9.18 Å². The minimum Gasteiger partial charge on any atom is -0.489 e. The number of likely N-dealkylation sites (tertiary alicyclic amines) is 1. The zero-order valence-corrected chi connectivity index (χ0v) is 16.6. The fourth-order valence-corrected chi connectivity index (χ4v) is 3.17. The van der Waals surface area contributed by atoms with Crippen molar-refractivity contribution in [2.45, 2.75) is 45.3 Å². The molecule has 140 valence electrons. The Balaban J connectivity index is 1.66. The van der Waals surface area contributed by atoms with Gasteiger partial charge in [-0.1, -0.05) is 6.07 Å². The molecule has 1 N–H and O–H groups in total. The van der Waals surface area contributed by atoms with E-state index in [2.05, 4.69) is 26.1 Å². The molecule has 2 rings (SSSR count). The van der Waals surface area contributed by atoms with E-state index in [1.807, 2.05) is 20.8 Å². The Hall–Kier alpha value is -1.34. The third-order valence-corrected chi connectivity index (χ3v) is 4.40. The number of nitrogens with zero attached hydrogens (tertiary/aromatic N) is 1. The molecule has 0 spiro atoms. The van der Waals surface area contributed by atoms with Crippen LogP contribution in [-0.4, -0.2) is 48.9 Å². The molecule has 1 aromatic carbocycles. The van der Waals surface area contributed by atoms with Crippen molar-refractivity contribution >= 4 is 22.0 Å². The highest BCUT2D eigenvalue weighted by molar-refractivity contribution is 9.10. The monoisotopic (exact) mass is 416 g/mol. The van der Waals surface area contributed by atoms with Crippen molar-refractivity contribution in [1.82, 2.24) is 10.2 Å². The van der Waals surface area contributed by atoms with Crippen LogP contribution in [-0.2, 0) is 4.74 Å². The number of carbonyl (C=O) groups excluding carboxylic acids is 1. The maximum atomic E-state index is 13.7. The number of nitrogens with one attached hydrogen (secondary N) is 1. The lowest BCUT2D eigenvalue weighted by atomic mass is 10.2. The first-order chi connectivity index (χ1) is 11.7. The highest BCUT2D eigenvalue weighted by Gasteiger charge is 2.25. The lowest BCUT2D eigenvalue weighted by molar-refractivity contribution is 0.0505. The summed E-state index contributed by atoms with van der Waals surface area (Å²) < 4.78 is 25.1. The van der Waals surface area contributed by atoms with Crippen LogP contribution in [0, 0.1) is 5.82 Å². The molecule has 0 saturated carbocycles. The quantitative estimate of drug-likeness (QED) is 0.713. The summed E-state index contributed by atoms with van der Waals surface area (Å²) in [6.07, 6.45) is 1.32. The molecule has 1 amide bonds. The smallest absolute Gasteiger partial charge is 0.407 e. The van der Waals surface area contributed by atoms with Crippen molar-refractivity contribution in [2.24, 2.45) is 0 Å². The summed E-state index contributed by atoms with van der Waals surface area (Å²) in [4.78, 5) is 14.1. The van der Waals surface area contributed by atoms with Gasteiger partial charge >= 0.3 is 6.09 Å². The number of ether oxygens (including phenoxy) is 2. The van der Waals surface area contributed by atoms with E-state index in [-0.39, 0.29) is 23.7 Å². The molecule has 1 atom stereocenters. The summed E-state index contributed by atoms with van der Waals surface area (Å²) in [6.45, 7) is 8.55.